The van der Waals surface area contributed by atoms with Crippen molar-refractivity contribution in [1.82, 2.24) is 0 Å². The highest BCUT2D eigenvalue weighted by molar-refractivity contribution is 5.61. The van der Waals surface area contributed by atoms with E-state index in [-0.39, 0.29) is 6.10 Å². The fraction of sp³-hybridized carbons (Fsp3) is 0.333. The Morgan fingerprint density at radius 3 is 2.13 bits per heavy atom. The second-order valence-corrected chi connectivity index (χ2v) is 5.87. The number of rotatable bonds is 8. The first-order valence-electron chi connectivity index (χ1n) is 8.16. The maximum atomic E-state index is 10.8. The maximum absolute atomic E-state index is 10.8. The quantitative estimate of drug-likeness (QED) is 0.696. The van der Waals surface area contributed by atoms with E-state index in [1.807, 2.05) is 24.3 Å². The summed E-state index contributed by atoms with van der Waals surface area (Å²) in [4.78, 5) is 0. The number of ether oxygens (including phenoxy) is 1. The van der Waals surface area contributed by atoms with Crippen LogP contribution >= 0.6 is 0 Å². The summed E-state index contributed by atoms with van der Waals surface area (Å²) in [6.07, 6.45) is 12.2. The van der Waals surface area contributed by atoms with Crippen molar-refractivity contribution >= 4 is 0 Å². The maximum Gasteiger partial charge on any atom is 0.127 e. The van der Waals surface area contributed by atoms with Gasteiger partial charge in [-0.15, -0.1) is 26.3 Å². The molecule has 0 saturated carbocycles. The zero-order chi connectivity index (χ0) is 16.8. The predicted octanol–water partition coefficient (Wildman–Crippen LogP) is 4.85. The normalized spacial score (nSPS) is 16.1. The Kier molecular flexibility index (Phi) is 5.86. The van der Waals surface area contributed by atoms with Gasteiger partial charge in [0.25, 0.3) is 0 Å². The molecule has 1 N–H and O–H groups in total. The van der Waals surface area contributed by atoms with E-state index in [0.717, 1.165) is 47.3 Å². The Labute approximate surface area is 139 Å². The number of hydrogen-bond acceptors (Lipinski definition) is 2. The molecule has 0 aromatic heterocycles. The van der Waals surface area contributed by atoms with Gasteiger partial charge in [-0.3, -0.25) is 0 Å². The van der Waals surface area contributed by atoms with E-state index in [0.29, 0.717) is 25.0 Å². The number of phenolic OH excluding ortho intramolecular Hbond substituents is 1. The highest BCUT2D eigenvalue weighted by Gasteiger charge is 2.28. The molecule has 0 radical (unpaired) electrons. The highest BCUT2D eigenvalue weighted by Crippen LogP contribution is 2.43. The van der Waals surface area contributed by atoms with E-state index >= 15 is 0 Å². The minimum atomic E-state index is 0.154. The van der Waals surface area contributed by atoms with Crippen molar-refractivity contribution in [2.24, 2.45) is 0 Å². The first kappa shape index (κ1) is 17.1. The third-order valence-corrected chi connectivity index (χ3v) is 4.32. The number of allylic oxidation sites excluding steroid dienone is 3. The van der Waals surface area contributed by atoms with E-state index < -0.39 is 0 Å². The number of aromatic hydroxyl groups is 1. The predicted molar refractivity (Wildman–Crippen MR) is 97.4 cm³/mol. The third kappa shape index (κ3) is 3.42. The number of hydrogen-bond donors (Lipinski definition) is 1. The molecule has 1 aromatic rings. The van der Waals surface area contributed by atoms with Gasteiger partial charge in [0, 0.05) is 28.7 Å². The van der Waals surface area contributed by atoms with Crippen LogP contribution in [0.1, 0.15) is 35.1 Å². The van der Waals surface area contributed by atoms with Gasteiger partial charge in [0.05, 0.1) is 0 Å². The summed E-state index contributed by atoms with van der Waals surface area (Å²) < 4.78 is 6.29. The summed E-state index contributed by atoms with van der Waals surface area (Å²) in [5, 5.41) is 10.8. The molecule has 2 nitrogen and oxygen atoms in total. The Hall–Kier alpha value is -2.22. The minimum absolute atomic E-state index is 0.154. The van der Waals surface area contributed by atoms with Crippen LogP contribution in [0.15, 0.2) is 50.6 Å². The average Bonchev–Trinajstić information content (AvgIpc) is 2.55. The van der Waals surface area contributed by atoms with Crippen LogP contribution in [0.5, 0.6) is 11.5 Å². The van der Waals surface area contributed by atoms with Crippen molar-refractivity contribution in [3.05, 3.63) is 72.9 Å². The number of phenols is 1. The lowest BCUT2D eigenvalue weighted by Gasteiger charge is -2.31. The molecule has 0 saturated heterocycles. The van der Waals surface area contributed by atoms with Gasteiger partial charge >= 0.3 is 0 Å². The van der Waals surface area contributed by atoms with Crippen molar-refractivity contribution < 1.29 is 9.84 Å². The Bertz CT molecular complexity index is 625. The summed E-state index contributed by atoms with van der Waals surface area (Å²) in [5.74, 6) is 1.29. The minimum Gasteiger partial charge on any atom is -0.507 e. The molecule has 0 bridgehead atoms. The van der Waals surface area contributed by atoms with Gasteiger partial charge in [-0.05, 0) is 32.1 Å². The summed E-state index contributed by atoms with van der Waals surface area (Å²) in [6, 6.07) is 0. The van der Waals surface area contributed by atoms with Gasteiger partial charge in [-0.25, -0.2) is 0 Å². The van der Waals surface area contributed by atoms with E-state index in [9.17, 15) is 5.11 Å². The molecule has 0 spiro atoms. The molecule has 1 aromatic carbocycles. The Balaban J connectivity index is 2.65. The second-order valence-electron chi connectivity index (χ2n) is 5.87. The number of fused-ring (bicyclic) bond motifs is 1. The average molecular weight is 310 g/mol. The lowest BCUT2D eigenvalue weighted by Crippen LogP contribution is -2.24. The standard InChI is InChI=1S/C21H26O2/c1-5-9-15-13-14-19-17(11-7-3)20(22)16(10-6-2)18(12-8-4)21(19)23-15/h5-8,15,22H,1-4,9-14H2. The van der Waals surface area contributed by atoms with Gasteiger partial charge in [0.15, 0.2) is 0 Å². The van der Waals surface area contributed by atoms with Crippen LogP contribution in [0.3, 0.4) is 0 Å². The fourth-order valence-electron chi connectivity index (χ4n) is 3.30. The van der Waals surface area contributed by atoms with Crippen LogP contribution < -0.4 is 4.74 Å². The summed E-state index contributed by atoms with van der Waals surface area (Å²) in [7, 11) is 0. The molecule has 1 aliphatic rings. The summed E-state index contributed by atoms with van der Waals surface area (Å²) >= 11 is 0. The van der Waals surface area contributed by atoms with Crippen LogP contribution in [0, 0.1) is 0 Å². The van der Waals surface area contributed by atoms with Crippen molar-refractivity contribution in [2.45, 2.75) is 44.6 Å². The second kappa shape index (κ2) is 7.87. The molecule has 2 rings (SSSR count). The molecule has 1 aliphatic heterocycles. The molecular formula is C21H26O2. The molecule has 0 amide bonds. The fourth-order valence-corrected chi connectivity index (χ4v) is 3.30. The summed E-state index contributed by atoms with van der Waals surface area (Å²) in [6.45, 7) is 15.3. The largest absolute Gasteiger partial charge is 0.507 e. The van der Waals surface area contributed by atoms with Crippen molar-refractivity contribution in [3.63, 3.8) is 0 Å². The smallest absolute Gasteiger partial charge is 0.127 e. The molecule has 23 heavy (non-hydrogen) atoms. The lowest BCUT2D eigenvalue weighted by molar-refractivity contribution is 0.174. The van der Waals surface area contributed by atoms with Crippen LogP contribution in [-0.2, 0) is 25.7 Å². The van der Waals surface area contributed by atoms with Crippen molar-refractivity contribution in [1.29, 1.82) is 0 Å². The van der Waals surface area contributed by atoms with Gasteiger partial charge in [-0.2, -0.15) is 0 Å². The molecular weight excluding hydrogens is 284 g/mol. The molecule has 1 unspecified atom stereocenters. The molecule has 1 heterocycles. The van der Waals surface area contributed by atoms with Gasteiger partial charge in [0.2, 0.25) is 0 Å². The Morgan fingerprint density at radius 1 is 0.913 bits per heavy atom. The first-order chi connectivity index (χ1) is 11.2. The van der Waals surface area contributed by atoms with Crippen molar-refractivity contribution in [2.75, 3.05) is 0 Å². The van der Waals surface area contributed by atoms with Crippen LogP contribution in [0.4, 0.5) is 0 Å². The zero-order valence-electron chi connectivity index (χ0n) is 13.8. The van der Waals surface area contributed by atoms with E-state index in [4.69, 9.17) is 4.74 Å². The monoisotopic (exact) mass is 310 g/mol. The van der Waals surface area contributed by atoms with Gasteiger partial charge in [0.1, 0.15) is 17.6 Å². The highest BCUT2D eigenvalue weighted by atomic mass is 16.5. The van der Waals surface area contributed by atoms with E-state index in [1.54, 1.807) is 0 Å². The number of benzene rings is 1. The zero-order valence-corrected chi connectivity index (χ0v) is 13.8. The van der Waals surface area contributed by atoms with Gasteiger partial charge < -0.3 is 9.84 Å². The van der Waals surface area contributed by atoms with Crippen LogP contribution in [0.25, 0.3) is 0 Å². The molecule has 2 heteroatoms. The molecule has 0 aliphatic carbocycles. The van der Waals surface area contributed by atoms with E-state index in [1.165, 1.54) is 0 Å². The molecule has 1 atom stereocenters. The van der Waals surface area contributed by atoms with Crippen LogP contribution in [0.2, 0.25) is 0 Å². The lowest BCUT2D eigenvalue weighted by atomic mass is 9.86. The summed E-state index contributed by atoms with van der Waals surface area (Å²) in [5.41, 5.74) is 3.99. The van der Waals surface area contributed by atoms with Crippen LogP contribution in [-0.4, -0.2) is 11.2 Å². The molecule has 0 fully saturated rings. The third-order valence-electron chi connectivity index (χ3n) is 4.32. The van der Waals surface area contributed by atoms with E-state index in [2.05, 4.69) is 26.3 Å². The first-order valence-corrected chi connectivity index (χ1v) is 8.16. The Morgan fingerprint density at radius 2 is 1.52 bits per heavy atom. The topological polar surface area (TPSA) is 29.5 Å². The molecule has 122 valence electrons. The SMILES string of the molecule is C=CCc1c(O)c(CC=C)c2c(c1CC=C)OC(CC=C)CC2. The van der Waals surface area contributed by atoms with Gasteiger partial charge in [-0.1, -0.05) is 24.3 Å². The van der Waals surface area contributed by atoms with Crippen molar-refractivity contribution in [3.8, 4) is 11.5 Å².